The molecule has 0 spiro atoms. The average Bonchev–Trinajstić information content (AvgIpc) is 3.03. The van der Waals surface area contributed by atoms with Crippen LogP contribution in [0.1, 0.15) is 125 Å². The molecule has 0 aromatic carbocycles. The van der Waals surface area contributed by atoms with Gasteiger partial charge in [0.05, 0.1) is 103 Å². The molecule has 5 atom stereocenters. The number of hydrogen-bond acceptors (Lipinski definition) is 9. The summed E-state index contributed by atoms with van der Waals surface area (Å²) in [5.41, 5.74) is 0. The minimum absolute atomic E-state index is 0.0109. The fourth-order valence-electron chi connectivity index (χ4n) is 4.61. The lowest BCUT2D eigenvalue weighted by Gasteiger charge is -2.22. The Hall–Kier alpha value is -0.360. The molecule has 9 nitrogen and oxygen atoms in total. The van der Waals surface area contributed by atoms with Crippen LogP contribution in [0.4, 0.5) is 0 Å². The number of rotatable bonds is 37. The van der Waals surface area contributed by atoms with E-state index in [9.17, 15) is 0 Å². The fourth-order valence-corrected chi connectivity index (χ4v) is 4.61. The predicted octanol–water partition coefficient (Wildman–Crippen LogP) is 7.15. The van der Waals surface area contributed by atoms with Crippen LogP contribution < -0.4 is 0 Å². The number of aliphatic hydroxyl groups excluding tert-OH is 1. The quantitative estimate of drug-likeness (QED) is 0.0704. The Morgan fingerprint density at radius 1 is 0.356 bits per heavy atom. The van der Waals surface area contributed by atoms with Gasteiger partial charge in [-0.3, -0.25) is 0 Å². The zero-order valence-electron chi connectivity index (χ0n) is 30.3. The Bertz CT molecular complexity index is 569. The normalized spacial score (nSPS) is 15.3. The van der Waals surface area contributed by atoms with Crippen LogP contribution in [0.15, 0.2) is 0 Å². The summed E-state index contributed by atoms with van der Waals surface area (Å²) in [6.45, 7) is 18.1. The molecule has 0 aromatic rings. The van der Waals surface area contributed by atoms with Gasteiger partial charge in [-0.2, -0.15) is 0 Å². The van der Waals surface area contributed by atoms with Crippen molar-refractivity contribution in [2.45, 2.75) is 156 Å². The second-order valence-electron chi connectivity index (χ2n) is 12.5. The van der Waals surface area contributed by atoms with Gasteiger partial charge in [0.2, 0.25) is 0 Å². The van der Waals surface area contributed by atoms with E-state index in [0.717, 1.165) is 13.0 Å². The van der Waals surface area contributed by atoms with Crippen LogP contribution in [-0.2, 0) is 37.9 Å². The van der Waals surface area contributed by atoms with Gasteiger partial charge in [0.1, 0.15) is 0 Å². The van der Waals surface area contributed by atoms with Crippen molar-refractivity contribution in [2.24, 2.45) is 0 Å². The van der Waals surface area contributed by atoms with Crippen molar-refractivity contribution in [3.8, 4) is 0 Å². The Balaban J connectivity index is 3.55. The van der Waals surface area contributed by atoms with Crippen molar-refractivity contribution >= 4 is 0 Å². The SMILES string of the molecule is CCCCCCCCCCCCCCCOCC(C)OCC(C)OCC(C)OCC(C)OCC(C)OCCOCCOCCO. The molecule has 9 heteroatoms. The first kappa shape index (κ1) is 44.6. The standard InChI is InChI=1S/C36H74O9/c1-7-8-9-10-11-12-13-14-15-16-17-18-19-21-40-27-32(2)42-29-34(4)44-31-36(6)45-30-35(5)43-28-33(3)41-26-25-39-24-23-38-22-20-37/h32-37H,7-31H2,1-6H3. The molecule has 0 fully saturated rings. The molecule has 0 saturated carbocycles. The molecule has 0 aromatic heterocycles. The van der Waals surface area contributed by atoms with E-state index in [1.807, 2.05) is 27.7 Å². The minimum atomic E-state index is -0.0419. The summed E-state index contributed by atoms with van der Waals surface area (Å²) in [5, 5.41) is 8.65. The first-order valence-corrected chi connectivity index (χ1v) is 18.3. The molecule has 0 rings (SSSR count). The molecule has 0 aliphatic carbocycles. The van der Waals surface area contributed by atoms with Crippen molar-refractivity contribution in [2.75, 3.05) is 79.3 Å². The summed E-state index contributed by atoms with van der Waals surface area (Å²) in [6.07, 6.45) is 17.7. The monoisotopic (exact) mass is 651 g/mol. The van der Waals surface area contributed by atoms with Crippen molar-refractivity contribution in [1.82, 2.24) is 0 Å². The van der Waals surface area contributed by atoms with E-state index >= 15 is 0 Å². The Kier molecular flexibility index (Phi) is 34.7. The van der Waals surface area contributed by atoms with Crippen LogP contribution in [0.25, 0.3) is 0 Å². The Labute approximate surface area is 277 Å². The van der Waals surface area contributed by atoms with Gasteiger partial charge in [0, 0.05) is 6.61 Å². The minimum Gasteiger partial charge on any atom is -0.394 e. The molecule has 1 N–H and O–H groups in total. The van der Waals surface area contributed by atoms with E-state index in [2.05, 4.69) is 13.8 Å². The molecule has 45 heavy (non-hydrogen) atoms. The van der Waals surface area contributed by atoms with E-state index in [4.69, 9.17) is 43.0 Å². The van der Waals surface area contributed by atoms with E-state index in [-0.39, 0.29) is 37.1 Å². The number of aliphatic hydroxyl groups is 1. The molecule has 0 aliphatic rings. The molecule has 0 saturated heterocycles. The molecule has 272 valence electrons. The highest BCUT2D eigenvalue weighted by molar-refractivity contribution is 4.58. The van der Waals surface area contributed by atoms with Crippen LogP contribution >= 0.6 is 0 Å². The van der Waals surface area contributed by atoms with Crippen LogP contribution in [-0.4, -0.2) is 115 Å². The Morgan fingerprint density at radius 2 is 0.711 bits per heavy atom. The molecule has 5 unspecified atom stereocenters. The molecule has 0 heterocycles. The lowest BCUT2D eigenvalue weighted by atomic mass is 10.0. The topological polar surface area (TPSA) is 94.1 Å². The van der Waals surface area contributed by atoms with Crippen LogP contribution in [0.5, 0.6) is 0 Å². The summed E-state index contributed by atoms with van der Waals surface area (Å²) < 4.78 is 45.7. The van der Waals surface area contributed by atoms with E-state index in [1.165, 1.54) is 77.0 Å². The second-order valence-corrected chi connectivity index (χ2v) is 12.5. The van der Waals surface area contributed by atoms with Gasteiger partial charge < -0.3 is 43.0 Å². The predicted molar refractivity (Wildman–Crippen MR) is 182 cm³/mol. The van der Waals surface area contributed by atoms with E-state index < -0.39 is 0 Å². The van der Waals surface area contributed by atoms with Crippen LogP contribution in [0.3, 0.4) is 0 Å². The third-order valence-electron chi connectivity index (χ3n) is 7.44. The van der Waals surface area contributed by atoms with E-state index in [0.29, 0.717) is 66.1 Å². The fraction of sp³-hybridized carbons (Fsp3) is 1.00. The van der Waals surface area contributed by atoms with E-state index in [1.54, 1.807) is 0 Å². The van der Waals surface area contributed by atoms with Crippen LogP contribution in [0, 0.1) is 0 Å². The highest BCUT2D eigenvalue weighted by Gasteiger charge is 2.13. The lowest BCUT2D eigenvalue weighted by molar-refractivity contribution is -0.101. The molecular formula is C36H74O9. The maximum atomic E-state index is 8.65. The molecule has 0 bridgehead atoms. The van der Waals surface area contributed by atoms with Gasteiger partial charge in [-0.25, -0.2) is 0 Å². The van der Waals surface area contributed by atoms with Gasteiger partial charge in [-0.15, -0.1) is 0 Å². The van der Waals surface area contributed by atoms with Crippen molar-refractivity contribution in [3.63, 3.8) is 0 Å². The second kappa shape index (κ2) is 35.0. The molecule has 0 radical (unpaired) electrons. The highest BCUT2D eigenvalue weighted by Crippen LogP contribution is 2.12. The average molecular weight is 651 g/mol. The number of ether oxygens (including phenoxy) is 8. The highest BCUT2D eigenvalue weighted by atomic mass is 16.6. The van der Waals surface area contributed by atoms with Crippen LogP contribution in [0.2, 0.25) is 0 Å². The number of unbranched alkanes of at least 4 members (excludes halogenated alkanes) is 12. The van der Waals surface area contributed by atoms with Gasteiger partial charge in [-0.05, 0) is 41.0 Å². The molecule has 0 aliphatic heterocycles. The Morgan fingerprint density at radius 3 is 1.16 bits per heavy atom. The van der Waals surface area contributed by atoms with Crippen molar-refractivity contribution < 1.29 is 43.0 Å². The summed E-state index contributed by atoms with van der Waals surface area (Å²) >= 11 is 0. The summed E-state index contributed by atoms with van der Waals surface area (Å²) in [4.78, 5) is 0. The van der Waals surface area contributed by atoms with Crippen molar-refractivity contribution in [1.29, 1.82) is 0 Å². The first-order chi connectivity index (χ1) is 21.9. The largest absolute Gasteiger partial charge is 0.394 e. The molecule has 0 amide bonds. The summed E-state index contributed by atoms with van der Waals surface area (Å²) in [5.74, 6) is 0. The zero-order chi connectivity index (χ0) is 33.2. The third-order valence-corrected chi connectivity index (χ3v) is 7.44. The maximum absolute atomic E-state index is 8.65. The smallest absolute Gasteiger partial charge is 0.0781 e. The zero-order valence-corrected chi connectivity index (χ0v) is 30.3. The number of hydrogen-bond donors (Lipinski definition) is 1. The third kappa shape index (κ3) is 34.8. The molecular weight excluding hydrogens is 576 g/mol. The summed E-state index contributed by atoms with van der Waals surface area (Å²) in [6, 6.07) is 0. The maximum Gasteiger partial charge on any atom is 0.0781 e. The van der Waals surface area contributed by atoms with Gasteiger partial charge in [0.15, 0.2) is 0 Å². The van der Waals surface area contributed by atoms with Gasteiger partial charge in [-0.1, -0.05) is 84.0 Å². The lowest BCUT2D eigenvalue weighted by Crippen LogP contribution is -2.29. The van der Waals surface area contributed by atoms with Gasteiger partial charge in [0.25, 0.3) is 0 Å². The first-order valence-electron chi connectivity index (χ1n) is 18.3. The summed E-state index contributed by atoms with van der Waals surface area (Å²) in [7, 11) is 0. The van der Waals surface area contributed by atoms with Crippen molar-refractivity contribution in [3.05, 3.63) is 0 Å². The van der Waals surface area contributed by atoms with Gasteiger partial charge >= 0.3 is 0 Å².